The van der Waals surface area contributed by atoms with Crippen molar-refractivity contribution in [2.45, 2.75) is 19.0 Å². The van der Waals surface area contributed by atoms with E-state index >= 15 is 0 Å². The van der Waals surface area contributed by atoms with Crippen LogP contribution in [0.2, 0.25) is 0 Å². The van der Waals surface area contributed by atoms with Crippen LogP contribution < -0.4 is 10.5 Å². The van der Waals surface area contributed by atoms with Gasteiger partial charge in [-0.25, -0.2) is 0 Å². The monoisotopic (exact) mass is 339 g/mol. The Morgan fingerprint density at radius 1 is 1.40 bits per heavy atom. The summed E-state index contributed by atoms with van der Waals surface area (Å²) < 4.78 is 6.98. The van der Waals surface area contributed by atoms with Crippen LogP contribution in [-0.4, -0.2) is 55.7 Å². The van der Waals surface area contributed by atoms with E-state index in [2.05, 4.69) is 44.9 Å². The van der Waals surface area contributed by atoms with Gasteiger partial charge in [0.1, 0.15) is 5.75 Å². The third kappa shape index (κ3) is 2.86. The molecule has 20 heavy (non-hydrogen) atoms. The first-order valence-electron chi connectivity index (χ1n) is 7.24. The van der Waals surface area contributed by atoms with Gasteiger partial charge in [-0.1, -0.05) is 15.9 Å². The van der Waals surface area contributed by atoms with Gasteiger partial charge in [-0.3, -0.25) is 4.90 Å². The molecular formula is C15H22BrN3O. The van der Waals surface area contributed by atoms with E-state index in [1.807, 2.05) is 0 Å². The molecule has 2 N–H and O–H groups in total. The Balaban J connectivity index is 1.80. The van der Waals surface area contributed by atoms with Crippen LogP contribution in [0.15, 0.2) is 16.6 Å². The van der Waals surface area contributed by atoms with Gasteiger partial charge < -0.3 is 15.4 Å². The number of ether oxygens (including phenoxy) is 1. The lowest BCUT2D eigenvalue weighted by Crippen LogP contribution is -2.54. The maximum Gasteiger partial charge on any atom is 0.127 e. The van der Waals surface area contributed by atoms with Crippen LogP contribution in [0.1, 0.15) is 11.1 Å². The quantitative estimate of drug-likeness (QED) is 0.905. The van der Waals surface area contributed by atoms with E-state index in [4.69, 9.17) is 10.5 Å². The smallest absolute Gasteiger partial charge is 0.127 e. The average Bonchev–Trinajstić information content (AvgIpc) is 2.88. The van der Waals surface area contributed by atoms with Crippen molar-refractivity contribution in [3.05, 3.63) is 27.7 Å². The van der Waals surface area contributed by atoms with Crippen LogP contribution in [0.3, 0.4) is 0 Å². The van der Waals surface area contributed by atoms with Gasteiger partial charge in [-0.05, 0) is 24.7 Å². The molecule has 1 aromatic carbocycles. The zero-order valence-corrected chi connectivity index (χ0v) is 13.5. The first-order chi connectivity index (χ1) is 9.67. The first kappa shape index (κ1) is 14.3. The summed E-state index contributed by atoms with van der Waals surface area (Å²) in [6.07, 6.45) is 1.02. The number of hydrogen-bond donors (Lipinski definition) is 1. The highest BCUT2D eigenvalue weighted by Crippen LogP contribution is 2.34. The summed E-state index contributed by atoms with van der Waals surface area (Å²) in [5.74, 6) is 1.10. The molecule has 4 nitrogen and oxygen atoms in total. The van der Waals surface area contributed by atoms with E-state index in [9.17, 15) is 0 Å². The number of fused-ring (bicyclic) bond motifs is 1. The fourth-order valence-electron chi connectivity index (χ4n) is 3.16. The molecule has 0 radical (unpaired) electrons. The molecule has 0 aromatic heterocycles. The zero-order valence-electron chi connectivity index (χ0n) is 11.9. The van der Waals surface area contributed by atoms with Gasteiger partial charge in [0.15, 0.2) is 0 Å². The maximum atomic E-state index is 5.94. The van der Waals surface area contributed by atoms with Crippen LogP contribution in [0, 0.1) is 0 Å². The molecule has 1 atom stereocenters. The van der Waals surface area contributed by atoms with Gasteiger partial charge in [0.25, 0.3) is 0 Å². The van der Waals surface area contributed by atoms with Crippen molar-refractivity contribution in [3.8, 4) is 5.75 Å². The largest absolute Gasteiger partial charge is 0.493 e. The lowest BCUT2D eigenvalue weighted by atomic mass is 10.1. The number of likely N-dealkylation sites (N-methyl/N-ethyl adjacent to an activating group) is 1. The van der Waals surface area contributed by atoms with E-state index in [0.717, 1.165) is 49.4 Å². The minimum Gasteiger partial charge on any atom is -0.493 e. The number of nitrogens with zero attached hydrogens (tertiary/aromatic N) is 2. The highest BCUT2D eigenvalue weighted by molar-refractivity contribution is 9.10. The van der Waals surface area contributed by atoms with E-state index in [1.165, 1.54) is 11.1 Å². The Hall–Kier alpha value is -0.620. The van der Waals surface area contributed by atoms with Gasteiger partial charge in [-0.15, -0.1) is 0 Å². The van der Waals surface area contributed by atoms with Gasteiger partial charge in [0, 0.05) is 55.2 Å². The summed E-state index contributed by atoms with van der Waals surface area (Å²) in [6.45, 7) is 5.67. The SMILES string of the molecule is CN1CCN(Cc2cc(Br)cc3c2OCC3)C(CN)C1. The predicted octanol–water partition coefficient (Wildman–Crippen LogP) is 1.46. The fraction of sp³-hybridized carbons (Fsp3) is 0.600. The van der Waals surface area contributed by atoms with Crippen molar-refractivity contribution < 1.29 is 4.74 Å². The fourth-order valence-corrected chi connectivity index (χ4v) is 3.71. The van der Waals surface area contributed by atoms with Gasteiger partial charge in [0.2, 0.25) is 0 Å². The second-order valence-electron chi connectivity index (χ2n) is 5.77. The van der Waals surface area contributed by atoms with Crippen molar-refractivity contribution in [1.29, 1.82) is 0 Å². The molecule has 2 heterocycles. The summed E-state index contributed by atoms with van der Waals surface area (Å²) in [6, 6.07) is 4.80. The number of rotatable bonds is 3. The predicted molar refractivity (Wildman–Crippen MR) is 84.1 cm³/mol. The van der Waals surface area contributed by atoms with Crippen molar-refractivity contribution in [2.75, 3.05) is 39.8 Å². The summed E-state index contributed by atoms with van der Waals surface area (Å²) in [5.41, 5.74) is 8.56. The molecule has 110 valence electrons. The molecule has 1 unspecified atom stereocenters. The molecule has 5 heteroatoms. The Kier molecular flexibility index (Phi) is 4.31. The third-order valence-electron chi connectivity index (χ3n) is 4.28. The minimum absolute atomic E-state index is 0.435. The Labute approximate surface area is 129 Å². The van der Waals surface area contributed by atoms with Crippen LogP contribution in [0.5, 0.6) is 5.75 Å². The van der Waals surface area contributed by atoms with Crippen molar-refractivity contribution in [1.82, 2.24) is 9.80 Å². The lowest BCUT2D eigenvalue weighted by molar-refractivity contribution is 0.0873. The maximum absolute atomic E-state index is 5.94. The molecule has 3 rings (SSSR count). The summed E-state index contributed by atoms with van der Waals surface area (Å²) >= 11 is 3.62. The van der Waals surface area contributed by atoms with Crippen LogP contribution >= 0.6 is 15.9 Å². The first-order valence-corrected chi connectivity index (χ1v) is 8.03. The van der Waals surface area contributed by atoms with E-state index in [-0.39, 0.29) is 0 Å². The van der Waals surface area contributed by atoms with Gasteiger partial charge >= 0.3 is 0 Å². The summed E-state index contributed by atoms with van der Waals surface area (Å²) in [5, 5.41) is 0. The Morgan fingerprint density at radius 3 is 3.05 bits per heavy atom. The molecule has 0 saturated carbocycles. The Morgan fingerprint density at radius 2 is 2.25 bits per heavy atom. The highest BCUT2D eigenvalue weighted by atomic mass is 79.9. The molecule has 1 saturated heterocycles. The Bertz CT molecular complexity index is 494. The van der Waals surface area contributed by atoms with Gasteiger partial charge in [-0.2, -0.15) is 0 Å². The van der Waals surface area contributed by atoms with E-state index < -0.39 is 0 Å². The standard InChI is InChI=1S/C15H22BrN3O/c1-18-3-4-19(14(8-17)10-18)9-12-7-13(16)6-11-2-5-20-15(11)12/h6-7,14H,2-5,8-10,17H2,1H3. The topological polar surface area (TPSA) is 41.7 Å². The van der Waals surface area contributed by atoms with Crippen LogP contribution in [-0.2, 0) is 13.0 Å². The van der Waals surface area contributed by atoms with E-state index in [0.29, 0.717) is 12.6 Å². The highest BCUT2D eigenvalue weighted by Gasteiger charge is 2.26. The number of halogens is 1. The van der Waals surface area contributed by atoms with Crippen LogP contribution in [0.4, 0.5) is 0 Å². The number of piperazine rings is 1. The normalized spacial score (nSPS) is 23.6. The third-order valence-corrected chi connectivity index (χ3v) is 4.74. The van der Waals surface area contributed by atoms with Crippen LogP contribution in [0.25, 0.3) is 0 Å². The molecule has 0 amide bonds. The minimum atomic E-state index is 0.435. The molecular weight excluding hydrogens is 318 g/mol. The molecule has 0 bridgehead atoms. The molecule has 2 aliphatic rings. The number of benzene rings is 1. The molecule has 1 aromatic rings. The summed E-state index contributed by atoms with van der Waals surface area (Å²) in [4.78, 5) is 4.85. The van der Waals surface area contributed by atoms with Crippen molar-refractivity contribution in [2.24, 2.45) is 5.73 Å². The second-order valence-corrected chi connectivity index (χ2v) is 6.69. The lowest BCUT2D eigenvalue weighted by Gasteiger charge is -2.39. The zero-order chi connectivity index (χ0) is 14.1. The van der Waals surface area contributed by atoms with Gasteiger partial charge in [0.05, 0.1) is 6.61 Å². The number of hydrogen-bond acceptors (Lipinski definition) is 4. The molecule has 0 aliphatic carbocycles. The number of nitrogens with two attached hydrogens (primary N) is 1. The molecule has 1 fully saturated rings. The van der Waals surface area contributed by atoms with Crippen molar-refractivity contribution in [3.63, 3.8) is 0 Å². The molecule has 0 spiro atoms. The van der Waals surface area contributed by atoms with E-state index in [1.54, 1.807) is 0 Å². The summed E-state index contributed by atoms with van der Waals surface area (Å²) in [7, 11) is 2.17. The second kappa shape index (κ2) is 6.02. The average molecular weight is 340 g/mol. The molecule has 2 aliphatic heterocycles. The van der Waals surface area contributed by atoms with Crippen molar-refractivity contribution >= 4 is 15.9 Å².